The Balaban J connectivity index is 1.33. The highest BCUT2D eigenvalue weighted by Crippen LogP contribution is 2.22. The van der Waals surface area contributed by atoms with Crippen molar-refractivity contribution >= 4 is 16.2 Å². The van der Waals surface area contributed by atoms with Crippen molar-refractivity contribution in [2.75, 3.05) is 19.7 Å². The first kappa shape index (κ1) is 21.3. The van der Waals surface area contributed by atoms with Gasteiger partial charge in [0, 0.05) is 13.1 Å². The molecule has 0 aliphatic carbocycles. The Morgan fingerprint density at radius 2 is 1.62 bits per heavy atom. The first-order valence-corrected chi connectivity index (χ1v) is 11.0. The molecule has 0 spiro atoms. The van der Waals surface area contributed by atoms with E-state index in [1.807, 2.05) is 30.3 Å². The van der Waals surface area contributed by atoms with Gasteiger partial charge in [0.1, 0.15) is 12.4 Å². The number of aliphatic hydroxyl groups is 1. The largest absolute Gasteiger partial charge is 0.445 e. The number of benzene rings is 2. The molecule has 0 saturated carbocycles. The number of aliphatic hydroxyl groups excluding tert-OH is 1. The molecule has 156 valence electrons. The van der Waals surface area contributed by atoms with Crippen LogP contribution in [0, 0.1) is 5.92 Å². The van der Waals surface area contributed by atoms with Crippen LogP contribution in [0.15, 0.2) is 60.7 Å². The minimum absolute atomic E-state index is 0.0923. The van der Waals surface area contributed by atoms with Crippen LogP contribution in [0.3, 0.4) is 0 Å². The van der Waals surface area contributed by atoms with Crippen LogP contribution in [0.4, 0.5) is 4.79 Å². The molecule has 3 rings (SSSR count). The van der Waals surface area contributed by atoms with Crippen LogP contribution in [0.5, 0.6) is 0 Å². The molecule has 2 aromatic carbocycles. The van der Waals surface area contributed by atoms with Crippen LogP contribution >= 0.6 is 0 Å². The molecule has 8 heteroatoms. The molecular weight excluding hydrogens is 394 g/mol. The lowest BCUT2D eigenvalue weighted by molar-refractivity contribution is 0.0193. The average molecular weight is 419 g/mol. The molecule has 2 aromatic rings. The van der Waals surface area contributed by atoms with Gasteiger partial charge < -0.3 is 14.7 Å². The fourth-order valence-corrected chi connectivity index (χ4v) is 4.18. The second-order valence-electron chi connectivity index (χ2n) is 7.17. The summed E-state index contributed by atoms with van der Waals surface area (Å²) in [6.07, 6.45) is -0.933. The van der Waals surface area contributed by atoms with E-state index in [1.54, 1.807) is 35.2 Å². The topological polar surface area (TPSA) is 93.1 Å². The van der Waals surface area contributed by atoms with Crippen LogP contribution in [-0.4, -0.2) is 50.3 Å². The number of nitrogens with zero attached hydrogens (tertiary/aromatic N) is 1. The first-order valence-electron chi connectivity index (χ1n) is 9.46. The Morgan fingerprint density at radius 3 is 2.24 bits per heavy atom. The van der Waals surface area contributed by atoms with Gasteiger partial charge in [-0.3, -0.25) is 4.18 Å². The van der Waals surface area contributed by atoms with Crippen LogP contribution < -0.4 is 0 Å². The van der Waals surface area contributed by atoms with Gasteiger partial charge in [-0.05, 0) is 23.5 Å². The highest BCUT2D eigenvalue weighted by Gasteiger charge is 2.33. The third kappa shape index (κ3) is 6.85. The molecule has 1 aliphatic rings. The number of rotatable bonds is 9. The van der Waals surface area contributed by atoms with E-state index in [2.05, 4.69) is 0 Å². The lowest BCUT2D eigenvalue weighted by atomic mass is 9.94. The van der Waals surface area contributed by atoms with Crippen molar-refractivity contribution in [1.82, 2.24) is 4.90 Å². The molecule has 1 N–H and O–H groups in total. The van der Waals surface area contributed by atoms with Gasteiger partial charge in [0.25, 0.3) is 10.1 Å². The summed E-state index contributed by atoms with van der Waals surface area (Å²) in [6.45, 7) is 0.879. The number of carbonyl (C=O) groups is 1. The van der Waals surface area contributed by atoms with Gasteiger partial charge in [-0.1, -0.05) is 60.7 Å². The van der Waals surface area contributed by atoms with E-state index in [9.17, 15) is 18.3 Å². The number of carbonyl (C=O) groups excluding carboxylic acids is 1. The van der Waals surface area contributed by atoms with Gasteiger partial charge in [0.2, 0.25) is 0 Å². The van der Waals surface area contributed by atoms with Gasteiger partial charge in [0.05, 0.1) is 12.7 Å². The summed E-state index contributed by atoms with van der Waals surface area (Å²) in [7, 11) is -3.76. The van der Waals surface area contributed by atoms with Crippen molar-refractivity contribution in [3.63, 3.8) is 0 Å². The van der Waals surface area contributed by atoms with Crippen molar-refractivity contribution in [1.29, 1.82) is 0 Å². The third-order valence-electron chi connectivity index (χ3n) is 4.65. The first-order chi connectivity index (χ1) is 13.9. The van der Waals surface area contributed by atoms with E-state index >= 15 is 0 Å². The third-order valence-corrected chi connectivity index (χ3v) is 5.83. The molecule has 1 amide bonds. The van der Waals surface area contributed by atoms with Crippen LogP contribution in [0.25, 0.3) is 0 Å². The van der Waals surface area contributed by atoms with Crippen molar-refractivity contribution in [2.24, 2.45) is 5.92 Å². The lowest BCUT2D eigenvalue weighted by Gasteiger charge is -2.39. The molecule has 1 fully saturated rings. The Labute approximate surface area is 171 Å². The fourth-order valence-electron chi connectivity index (χ4n) is 3.13. The summed E-state index contributed by atoms with van der Waals surface area (Å²) in [5, 5.41) is 10.1. The van der Waals surface area contributed by atoms with Crippen molar-refractivity contribution < 1.29 is 27.2 Å². The highest BCUT2D eigenvalue weighted by molar-refractivity contribution is 7.85. The van der Waals surface area contributed by atoms with Gasteiger partial charge in [-0.25, -0.2) is 4.79 Å². The Hall–Kier alpha value is -2.42. The van der Waals surface area contributed by atoms with E-state index in [0.717, 1.165) is 5.56 Å². The van der Waals surface area contributed by atoms with E-state index < -0.39 is 16.2 Å². The second-order valence-corrected chi connectivity index (χ2v) is 8.81. The Bertz CT molecular complexity index is 882. The number of amides is 1. The SMILES string of the molecule is O=C(OCc1ccccc1)N1CC(C[C@@H](O)COS(=O)(=O)Cc2ccccc2)C1. The zero-order valence-electron chi connectivity index (χ0n) is 16.0. The van der Waals surface area contributed by atoms with Gasteiger partial charge >= 0.3 is 6.09 Å². The summed E-state index contributed by atoms with van der Waals surface area (Å²) < 4.78 is 34.2. The highest BCUT2D eigenvalue weighted by atomic mass is 32.2. The minimum Gasteiger partial charge on any atom is -0.445 e. The molecule has 1 atom stereocenters. The smallest absolute Gasteiger partial charge is 0.410 e. The van der Waals surface area contributed by atoms with Gasteiger partial charge in [-0.2, -0.15) is 8.42 Å². The van der Waals surface area contributed by atoms with Crippen LogP contribution in [-0.2, 0) is 31.4 Å². The molecule has 7 nitrogen and oxygen atoms in total. The monoisotopic (exact) mass is 419 g/mol. The summed E-state index contributed by atoms with van der Waals surface area (Å²) in [4.78, 5) is 13.6. The van der Waals surface area contributed by atoms with Crippen LogP contribution in [0.2, 0.25) is 0 Å². The number of hydrogen-bond acceptors (Lipinski definition) is 6. The van der Waals surface area contributed by atoms with Crippen molar-refractivity contribution in [2.45, 2.75) is 24.9 Å². The molecular formula is C21H25NO6S. The zero-order valence-corrected chi connectivity index (χ0v) is 16.8. The predicted molar refractivity (Wildman–Crippen MR) is 107 cm³/mol. The standard InChI is InChI=1S/C21H25NO6S/c23-20(15-28-29(25,26)16-18-9-5-2-6-10-18)11-19-12-22(13-19)21(24)27-14-17-7-3-1-4-8-17/h1-10,19-20,23H,11-16H2/t20-/m1/s1. The Kier molecular flexibility index (Phi) is 7.24. The van der Waals surface area contributed by atoms with Crippen molar-refractivity contribution in [3.05, 3.63) is 71.8 Å². The van der Waals surface area contributed by atoms with E-state index in [-0.39, 0.29) is 31.0 Å². The Morgan fingerprint density at radius 1 is 1.03 bits per heavy atom. The van der Waals surface area contributed by atoms with Crippen LogP contribution in [0.1, 0.15) is 17.5 Å². The molecule has 1 saturated heterocycles. The predicted octanol–water partition coefficient (Wildman–Crippen LogP) is 2.55. The molecule has 0 bridgehead atoms. The summed E-state index contributed by atoms with van der Waals surface area (Å²) >= 11 is 0. The zero-order chi connectivity index (χ0) is 20.7. The second kappa shape index (κ2) is 9.87. The maximum Gasteiger partial charge on any atom is 0.410 e. The molecule has 1 aliphatic heterocycles. The number of likely N-dealkylation sites (tertiary alicyclic amines) is 1. The fraction of sp³-hybridized carbons (Fsp3) is 0.381. The maximum atomic E-state index is 12.0. The van der Waals surface area contributed by atoms with E-state index in [0.29, 0.717) is 25.1 Å². The van der Waals surface area contributed by atoms with E-state index in [1.165, 1.54) is 0 Å². The van der Waals surface area contributed by atoms with E-state index in [4.69, 9.17) is 8.92 Å². The van der Waals surface area contributed by atoms with Crippen molar-refractivity contribution in [3.8, 4) is 0 Å². The molecule has 0 aromatic heterocycles. The lowest BCUT2D eigenvalue weighted by Crippen LogP contribution is -2.51. The number of hydrogen-bond donors (Lipinski definition) is 1. The molecule has 0 unspecified atom stereocenters. The molecule has 29 heavy (non-hydrogen) atoms. The summed E-state index contributed by atoms with van der Waals surface area (Å²) in [6, 6.07) is 18.2. The molecule has 0 radical (unpaired) electrons. The minimum atomic E-state index is -3.76. The summed E-state index contributed by atoms with van der Waals surface area (Å²) in [5.74, 6) is -0.139. The summed E-state index contributed by atoms with van der Waals surface area (Å²) in [5.41, 5.74) is 1.55. The number of ether oxygens (including phenoxy) is 1. The van der Waals surface area contributed by atoms with Gasteiger partial charge in [-0.15, -0.1) is 0 Å². The normalized spacial score (nSPS) is 15.6. The average Bonchev–Trinajstić information content (AvgIpc) is 2.68. The quantitative estimate of drug-likeness (QED) is 0.628. The van der Waals surface area contributed by atoms with Gasteiger partial charge in [0.15, 0.2) is 0 Å². The molecule has 1 heterocycles. The maximum absolute atomic E-state index is 12.0.